The van der Waals surface area contributed by atoms with Crippen LogP contribution in [0.1, 0.15) is 56.0 Å². The first kappa shape index (κ1) is 22.6. The van der Waals surface area contributed by atoms with E-state index in [4.69, 9.17) is 0 Å². The van der Waals surface area contributed by atoms with Gasteiger partial charge in [0.2, 0.25) is 10.9 Å². The highest BCUT2D eigenvalue weighted by atomic mass is 32.2. The normalized spacial score (nSPS) is 12.4. The smallest absolute Gasteiger partial charge is 0.319 e. The van der Waals surface area contributed by atoms with Gasteiger partial charge >= 0.3 is 6.03 Å². The van der Waals surface area contributed by atoms with Gasteiger partial charge in [-0.25, -0.2) is 17.9 Å². The Morgan fingerprint density at radius 2 is 1.79 bits per heavy atom. The van der Waals surface area contributed by atoms with E-state index in [-0.39, 0.29) is 24.0 Å². The Labute approximate surface area is 174 Å². The van der Waals surface area contributed by atoms with Crippen LogP contribution in [-0.4, -0.2) is 14.4 Å². The molecule has 2 rings (SSSR count). The summed E-state index contributed by atoms with van der Waals surface area (Å²) in [5, 5.41) is 5.76. The monoisotopic (exact) mass is 415 g/mol. The third-order valence-electron chi connectivity index (χ3n) is 4.64. The first-order valence-electron chi connectivity index (χ1n) is 9.41. The van der Waals surface area contributed by atoms with E-state index in [0.717, 1.165) is 22.4 Å². The van der Waals surface area contributed by atoms with E-state index in [9.17, 15) is 13.2 Å². The summed E-state index contributed by atoms with van der Waals surface area (Å²) in [6.07, 6.45) is 1.67. The molecule has 0 aliphatic rings. The number of nitrogens with one attached hydrogen (secondary N) is 3. The maximum absolute atomic E-state index is 12.4. The number of anilines is 1. The van der Waals surface area contributed by atoms with Crippen LogP contribution >= 0.6 is 0 Å². The highest BCUT2D eigenvalue weighted by Gasteiger charge is 2.14. The summed E-state index contributed by atoms with van der Waals surface area (Å²) in [7, 11) is -2.66. The topological polar surface area (TPSA) is 87.3 Å². The molecule has 156 valence electrons. The predicted octanol–water partition coefficient (Wildman–Crippen LogP) is 4.13. The summed E-state index contributed by atoms with van der Waals surface area (Å²) < 4.78 is 23.8. The van der Waals surface area contributed by atoms with Gasteiger partial charge < -0.3 is 10.6 Å². The van der Waals surface area contributed by atoms with Crippen molar-refractivity contribution >= 4 is 28.7 Å². The highest BCUT2D eigenvalue weighted by Crippen LogP contribution is 2.24. The third-order valence-corrected chi connectivity index (χ3v) is 5.06. The quantitative estimate of drug-likeness (QED) is 0.513. The van der Waals surface area contributed by atoms with Gasteiger partial charge in [0.05, 0.1) is 6.04 Å². The number of thiol groups is 1. The molecule has 0 bridgehead atoms. The molecule has 29 heavy (non-hydrogen) atoms. The van der Waals surface area contributed by atoms with Crippen molar-refractivity contribution in [2.75, 3.05) is 5.32 Å². The standard InChI is InChI=1S/C22H29N3O3S/c1-6-16-13-17(7-8-18(16)14-23-29(27)28)15(2)24-21(26)25-20-11-9-19(10-12-20)22(3,4)5/h6-13,15,29H,1,14H2,2-5H3,(H,23,27,28)(H2,24,25,26). The van der Waals surface area contributed by atoms with Crippen LogP contribution in [0.4, 0.5) is 10.5 Å². The molecule has 2 amide bonds. The van der Waals surface area contributed by atoms with E-state index in [2.05, 4.69) is 42.7 Å². The molecule has 7 heteroatoms. The van der Waals surface area contributed by atoms with E-state index >= 15 is 0 Å². The largest absolute Gasteiger partial charge is 0.331 e. The van der Waals surface area contributed by atoms with Crippen LogP contribution in [0.15, 0.2) is 49.0 Å². The second kappa shape index (κ2) is 9.71. The number of hydrogen-bond acceptors (Lipinski definition) is 3. The average molecular weight is 416 g/mol. The number of rotatable bonds is 7. The van der Waals surface area contributed by atoms with Crippen molar-refractivity contribution in [1.82, 2.24) is 10.0 Å². The fourth-order valence-electron chi connectivity index (χ4n) is 2.88. The van der Waals surface area contributed by atoms with Crippen LogP contribution in [0.25, 0.3) is 6.08 Å². The number of urea groups is 1. The molecule has 0 aromatic heterocycles. The lowest BCUT2D eigenvalue weighted by molar-refractivity contribution is 0.249. The van der Waals surface area contributed by atoms with Crippen LogP contribution in [0.3, 0.4) is 0 Å². The van der Waals surface area contributed by atoms with E-state index in [1.807, 2.05) is 49.4 Å². The Balaban J connectivity index is 2.02. The van der Waals surface area contributed by atoms with Crippen molar-refractivity contribution in [2.24, 2.45) is 0 Å². The van der Waals surface area contributed by atoms with Gasteiger partial charge in [0.15, 0.2) is 0 Å². The molecule has 0 heterocycles. The van der Waals surface area contributed by atoms with Crippen molar-refractivity contribution in [2.45, 2.75) is 45.7 Å². The summed E-state index contributed by atoms with van der Waals surface area (Å²) in [6.45, 7) is 12.3. The van der Waals surface area contributed by atoms with E-state index in [0.29, 0.717) is 0 Å². The summed E-state index contributed by atoms with van der Waals surface area (Å²) in [5.41, 5.74) is 4.52. The van der Waals surface area contributed by atoms with Gasteiger partial charge in [-0.05, 0) is 52.8 Å². The van der Waals surface area contributed by atoms with Gasteiger partial charge in [-0.15, -0.1) is 0 Å². The van der Waals surface area contributed by atoms with Crippen LogP contribution < -0.4 is 15.4 Å². The molecule has 6 nitrogen and oxygen atoms in total. The Morgan fingerprint density at radius 3 is 2.34 bits per heavy atom. The fraction of sp³-hybridized carbons (Fsp3) is 0.318. The SMILES string of the molecule is C=Cc1cc(C(C)NC(=O)Nc2ccc(C(C)(C)C)cc2)ccc1CN[SH](=O)=O. The first-order chi connectivity index (χ1) is 13.6. The fourth-order valence-corrected chi connectivity index (χ4v) is 3.18. The van der Waals surface area contributed by atoms with Gasteiger partial charge in [0, 0.05) is 12.2 Å². The number of benzene rings is 2. The molecule has 0 fully saturated rings. The summed E-state index contributed by atoms with van der Waals surface area (Å²) in [6, 6.07) is 12.9. The van der Waals surface area contributed by atoms with Crippen molar-refractivity contribution < 1.29 is 13.2 Å². The minimum absolute atomic E-state index is 0.0587. The molecule has 2 aromatic carbocycles. The third kappa shape index (κ3) is 6.73. The molecular formula is C22H29N3O3S. The van der Waals surface area contributed by atoms with Crippen molar-refractivity contribution in [1.29, 1.82) is 0 Å². The zero-order chi connectivity index (χ0) is 21.6. The zero-order valence-electron chi connectivity index (χ0n) is 17.3. The Hall–Kier alpha value is -2.64. The second-order valence-electron chi connectivity index (χ2n) is 7.90. The lowest BCUT2D eigenvalue weighted by atomic mass is 9.87. The number of carbonyl (C=O) groups is 1. The number of hydrogen-bond donors (Lipinski definition) is 4. The molecule has 0 aliphatic carbocycles. The summed E-state index contributed by atoms with van der Waals surface area (Å²) >= 11 is 0. The minimum atomic E-state index is -2.66. The molecule has 0 aliphatic heterocycles. The molecule has 1 unspecified atom stereocenters. The maximum Gasteiger partial charge on any atom is 0.319 e. The maximum atomic E-state index is 12.4. The van der Waals surface area contributed by atoms with Crippen LogP contribution in [-0.2, 0) is 22.8 Å². The second-order valence-corrected chi connectivity index (χ2v) is 8.73. The first-order valence-corrected chi connectivity index (χ1v) is 10.6. The number of amides is 2. The minimum Gasteiger partial charge on any atom is -0.331 e. The van der Waals surface area contributed by atoms with Crippen LogP contribution in [0, 0.1) is 0 Å². The van der Waals surface area contributed by atoms with Crippen LogP contribution in [0.5, 0.6) is 0 Å². The molecule has 0 saturated carbocycles. The van der Waals surface area contributed by atoms with Gasteiger partial charge in [-0.2, -0.15) is 0 Å². The van der Waals surface area contributed by atoms with Crippen molar-refractivity contribution in [3.05, 3.63) is 71.3 Å². The Morgan fingerprint density at radius 1 is 1.14 bits per heavy atom. The van der Waals surface area contributed by atoms with E-state index < -0.39 is 10.9 Å². The molecular weight excluding hydrogens is 386 g/mol. The zero-order valence-corrected chi connectivity index (χ0v) is 18.2. The van der Waals surface area contributed by atoms with Gasteiger partial charge in [0.1, 0.15) is 0 Å². The van der Waals surface area contributed by atoms with Crippen LogP contribution in [0.2, 0.25) is 0 Å². The van der Waals surface area contributed by atoms with Gasteiger partial charge in [-0.1, -0.05) is 57.7 Å². The Kier molecular flexibility index (Phi) is 7.59. The summed E-state index contributed by atoms with van der Waals surface area (Å²) in [4.78, 5) is 12.4. The number of carbonyl (C=O) groups excluding carboxylic acids is 1. The van der Waals surface area contributed by atoms with Crippen molar-refractivity contribution in [3.8, 4) is 0 Å². The molecule has 0 spiro atoms. The molecule has 2 aromatic rings. The molecule has 1 atom stereocenters. The van der Waals surface area contributed by atoms with Crippen molar-refractivity contribution in [3.63, 3.8) is 0 Å². The molecule has 0 radical (unpaired) electrons. The van der Waals surface area contributed by atoms with Gasteiger partial charge in [0.25, 0.3) is 0 Å². The Bertz CT molecular complexity index is 937. The molecule has 3 N–H and O–H groups in total. The van der Waals surface area contributed by atoms with E-state index in [1.54, 1.807) is 6.08 Å². The average Bonchev–Trinajstić information content (AvgIpc) is 2.65. The highest BCUT2D eigenvalue weighted by molar-refractivity contribution is 7.70. The predicted molar refractivity (Wildman–Crippen MR) is 119 cm³/mol. The van der Waals surface area contributed by atoms with Gasteiger partial charge in [-0.3, -0.25) is 0 Å². The summed E-state index contributed by atoms with van der Waals surface area (Å²) in [5.74, 6) is 0. The lowest BCUT2D eigenvalue weighted by Crippen LogP contribution is -2.31. The van der Waals surface area contributed by atoms with E-state index in [1.165, 1.54) is 5.56 Å². The molecule has 0 saturated heterocycles. The lowest BCUT2D eigenvalue weighted by Gasteiger charge is -2.20.